The summed E-state index contributed by atoms with van der Waals surface area (Å²) in [6.07, 6.45) is 0. The fraction of sp³-hybridized carbons (Fsp3) is 0.200. The van der Waals surface area contributed by atoms with E-state index in [1.807, 2.05) is 0 Å². The molecule has 6 heteroatoms. The van der Waals surface area contributed by atoms with Crippen molar-refractivity contribution in [2.45, 2.75) is 20.8 Å². The Hall–Kier alpha value is -3.28. The highest BCUT2D eigenvalue weighted by atomic mass is 16.2. The molecule has 0 bridgehead atoms. The molecule has 0 aliphatic rings. The Bertz CT molecular complexity index is 839. The van der Waals surface area contributed by atoms with E-state index in [2.05, 4.69) is 5.32 Å². The molecule has 2 rings (SSSR count). The number of hydrogen-bond acceptors (Lipinski definition) is 4. The van der Waals surface area contributed by atoms with Gasteiger partial charge in [0.25, 0.3) is 0 Å². The minimum absolute atomic E-state index is 0.0559. The Balaban J connectivity index is 2.09. The van der Waals surface area contributed by atoms with Crippen LogP contribution in [0.1, 0.15) is 41.5 Å². The zero-order valence-corrected chi connectivity index (χ0v) is 14.9. The zero-order chi connectivity index (χ0) is 19.3. The summed E-state index contributed by atoms with van der Waals surface area (Å²) < 4.78 is 0. The molecule has 0 aromatic heterocycles. The van der Waals surface area contributed by atoms with Crippen LogP contribution in [-0.4, -0.2) is 29.9 Å². The van der Waals surface area contributed by atoms with Gasteiger partial charge in [-0.15, -0.1) is 0 Å². The first-order valence-corrected chi connectivity index (χ1v) is 8.08. The molecule has 6 nitrogen and oxygen atoms in total. The number of Topliss-reactive ketones (excluding diaryl/α,β-unsaturated/α-hetero) is 2. The number of anilines is 2. The smallest absolute Gasteiger partial charge is 0.244 e. The Morgan fingerprint density at radius 2 is 1.23 bits per heavy atom. The molecule has 0 aliphatic carbocycles. The zero-order valence-electron chi connectivity index (χ0n) is 14.9. The van der Waals surface area contributed by atoms with E-state index in [1.54, 1.807) is 48.5 Å². The molecule has 0 spiro atoms. The molecule has 0 fully saturated rings. The third-order valence-electron chi connectivity index (χ3n) is 3.84. The van der Waals surface area contributed by atoms with Gasteiger partial charge in [-0.2, -0.15) is 0 Å². The first kappa shape index (κ1) is 19.1. The van der Waals surface area contributed by atoms with Crippen molar-refractivity contribution in [1.82, 2.24) is 0 Å². The summed E-state index contributed by atoms with van der Waals surface area (Å²) in [5, 5.41) is 2.69. The molecule has 0 saturated heterocycles. The highest BCUT2D eigenvalue weighted by molar-refractivity contribution is 6.02. The molecule has 0 unspecified atom stereocenters. The molecular formula is C20H20N2O4. The highest BCUT2D eigenvalue weighted by Gasteiger charge is 2.16. The third kappa shape index (κ3) is 4.86. The molecule has 0 radical (unpaired) electrons. The van der Waals surface area contributed by atoms with Crippen LogP contribution in [0.15, 0.2) is 48.5 Å². The SMILES string of the molecule is CC(=O)c1ccc(NC(=O)CN(C(C)=O)c2ccc(C(C)=O)cc2)cc1. The van der Waals surface area contributed by atoms with Gasteiger partial charge >= 0.3 is 0 Å². The molecule has 0 saturated carbocycles. The van der Waals surface area contributed by atoms with E-state index in [0.717, 1.165) is 0 Å². The minimum Gasteiger partial charge on any atom is -0.325 e. The molecule has 134 valence electrons. The van der Waals surface area contributed by atoms with Gasteiger partial charge in [0.2, 0.25) is 11.8 Å². The van der Waals surface area contributed by atoms with Gasteiger partial charge in [-0.1, -0.05) is 0 Å². The van der Waals surface area contributed by atoms with Crippen molar-refractivity contribution < 1.29 is 19.2 Å². The maximum absolute atomic E-state index is 12.3. The number of amides is 2. The third-order valence-corrected chi connectivity index (χ3v) is 3.84. The molecular weight excluding hydrogens is 332 g/mol. The van der Waals surface area contributed by atoms with E-state index < -0.39 is 0 Å². The summed E-state index contributed by atoms with van der Waals surface area (Å²) in [7, 11) is 0. The number of nitrogens with one attached hydrogen (secondary N) is 1. The van der Waals surface area contributed by atoms with Crippen LogP contribution in [-0.2, 0) is 9.59 Å². The van der Waals surface area contributed by atoms with E-state index in [1.165, 1.54) is 25.7 Å². The lowest BCUT2D eigenvalue weighted by atomic mass is 10.1. The van der Waals surface area contributed by atoms with Gasteiger partial charge in [0.05, 0.1) is 0 Å². The summed E-state index contributed by atoms with van der Waals surface area (Å²) in [6.45, 7) is 4.13. The second kappa shape index (κ2) is 8.20. The van der Waals surface area contributed by atoms with E-state index in [4.69, 9.17) is 0 Å². The van der Waals surface area contributed by atoms with E-state index >= 15 is 0 Å². The lowest BCUT2D eigenvalue weighted by Crippen LogP contribution is -2.36. The lowest BCUT2D eigenvalue weighted by molar-refractivity contribution is -0.120. The number of hydrogen-bond donors (Lipinski definition) is 1. The van der Waals surface area contributed by atoms with Crippen molar-refractivity contribution >= 4 is 34.8 Å². The van der Waals surface area contributed by atoms with E-state index in [0.29, 0.717) is 22.5 Å². The number of carbonyl (C=O) groups excluding carboxylic acids is 4. The molecule has 0 aliphatic heterocycles. The number of carbonyl (C=O) groups is 4. The predicted octanol–water partition coefficient (Wildman–Crippen LogP) is 3.08. The standard InChI is InChI=1S/C20H20N2O4/c1-13(23)16-4-8-18(9-5-16)21-20(26)12-22(15(3)25)19-10-6-17(7-11-19)14(2)24/h4-11H,12H2,1-3H3,(H,21,26). The van der Waals surface area contributed by atoms with Crippen LogP contribution in [0.2, 0.25) is 0 Å². The van der Waals surface area contributed by atoms with Crippen molar-refractivity contribution in [3.05, 3.63) is 59.7 Å². The number of benzene rings is 2. The average Bonchev–Trinajstić information content (AvgIpc) is 2.60. The Labute approximate surface area is 151 Å². The van der Waals surface area contributed by atoms with Crippen LogP contribution in [0, 0.1) is 0 Å². The summed E-state index contributed by atoms with van der Waals surface area (Å²) in [5.41, 5.74) is 2.16. The summed E-state index contributed by atoms with van der Waals surface area (Å²) in [6, 6.07) is 13.0. The van der Waals surface area contributed by atoms with Gasteiger partial charge < -0.3 is 10.2 Å². The Kier molecular flexibility index (Phi) is 6.01. The van der Waals surface area contributed by atoms with Crippen LogP contribution in [0.4, 0.5) is 11.4 Å². The van der Waals surface area contributed by atoms with Gasteiger partial charge in [-0.3, -0.25) is 19.2 Å². The lowest BCUT2D eigenvalue weighted by Gasteiger charge is -2.21. The fourth-order valence-electron chi connectivity index (χ4n) is 2.39. The molecule has 2 aromatic rings. The first-order valence-electron chi connectivity index (χ1n) is 8.08. The molecule has 26 heavy (non-hydrogen) atoms. The first-order chi connectivity index (χ1) is 12.3. The summed E-state index contributed by atoms with van der Waals surface area (Å²) in [5.74, 6) is -0.786. The summed E-state index contributed by atoms with van der Waals surface area (Å²) in [4.78, 5) is 48.1. The van der Waals surface area contributed by atoms with Crippen LogP contribution in [0.3, 0.4) is 0 Å². The quantitative estimate of drug-likeness (QED) is 0.810. The van der Waals surface area contributed by atoms with Crippen LogP contribution >= 0.6 is 0 Å². The molecule has 0 heterocycles. The fourth-order valence-corrected chi connectivity index (χ4v) is 2.39. The van der Waals surface area contributed by atoms with Crippen molar-refractivity contribution in [3.8, 4) is 0 Å². The molecule has 1 N–H and O–H groups in total. The topological polar surface area (TPSA) is 83.6 Å². The summed E-state index contributed by atoms with van der Waals surface area (Å²) >= 11 is 0. The second-order valence-corrected chi connectivity index (χ2v) is 5.89. The number of ketones is 2. The largest absolute Gasteiger partial charge is 0.325 e. The second-order valence-electron chi connectivity index (χ2n) is 5.89. The monoisotopic (exact) mass is 352 g/mol. The molecule has 0 atom stereocenters. The van der Waals surface area contributed by atoms with Gasteiger partial charge in [-0.05, 0) is 62.4 Å². The van der Waals surface area contributed by atoms with Crippen molar-refractivity contribution in [3.63, 3.8) is 0 Å². The predicted molar refractivity (Wildman–Crippen MR) is 99.5 cm³/mol. The maximum atomic E-state index is 12.3. The van der Waals surface area contributed by atoms with Crippen LogP contribution < -0.4 is 10.2 Å². The maximum Gasteiger partial charge on any atom is 0.244 e. The van der Waals surface area contributed by atoms with Crippen molar-refractivity contribution in [2.75, 3.05) is 16.8 Å². The van der Waals surface area contributed by atoms with E-state index in [-0.39, 0.29) is 29.9 Å². The number of rotatable bonds is 6. The average molecular weight is 352 g/mol. The van der Waals surface area contributed by atoms with Crippen molar-refractivity contribution in [2.24, 2.45) is 0 Å². The van der Waals surface area contributed by atoms with Crippen LogP contribution in [0.5, 0.6) is 0 Å². The Morgan fingerprint density at radius 3 is 1.65 bits per heavy atom. The minimum atomic E-state index is -0.369. The highest BCUT2D eigenvalue weighted by Crippen LogP contribution is 2.17. The molecule has 2 amide bonds. The number of nitrogens with zero attached hydrogens (tertiary/aromatic N) is 1. The Morgan fingerprint density at radius 1 is 0.769 bits per heavy atom. The normalized spacial score (nSPS) is 10.1. The van der Waals surface area contributed by atoms with Crippen LogP contribution in [0.25, 0.3) is 0 Å². The molecule has 2 aromatic carbocycles. The van der Waals surface area contributed by atoms with Gasteiger partial charge in [-0.25, -0.2) is 0 Å². The van der Waals surface area contributed by atoms with Gasteiger partial charge in [0.1, 0.15) is 6.54 Å². The van der Waals surface area contributed by atoms with Gasteiger partial charge in [0.15, 0.2) is 11.6 Å². The van der Waals surface area contributed by atoms with Crippen molar-refractivity contribution in [1.29, 1.82) is 0 Å². The van der Waals surface area contributed by atoms with E-state index in [9.17, 15) is 19.2 Å². The van der Waals surface area contributed by atoms with Gasteiger partial charge in [0, 0.05) is 29.4 Å².